The summed E-state index contributed by atoms with van der Waals surface area (Å²) in [6.07, 6.45) is 3.65. The van der Waals surface area contributed by atoms with Crippen LogP contribution in [-0.2, 0) is 23.1 Å². The number of nitrogens with zero attached hydrogens (tertiary/aromatic N) is 3. The van der Waals surface area contributed by atoms with Gasteiger partial charge in [0.2, 0.25) is 0 Å². The van der Waals surface area contributed by atoms with Crippen LogP contribution in [0, 0.1) is 11.8 Å². The first-order valence-corrected chi connectivity index (χ1v) is 13.7. The van der Waals surface area contributed by atoms with Gasteiger partial charge in [-0.2, -0.15) is 30.6 Å². The van der Waals surface area contributed by atoms with Crippen molar-refractivity contribution < 1.29 is 21.6 Å². The van der Waals surface area contributed by atoms with Gasteiger partial charge >= 0.3 is 6.18 Å². The van der Waals surface area contributed by atoms with Crippen molar-refractivity contribution >= 4 is 21.5 Å². The molecule has 1 N–H and O–H groups in total. The van der Waals surface area contributed by atoms with E-state index in [1.54, 1.807) is 23.7 Å². The number of fused-ring (bicyclic) bond motifs is 1. The summed E-state index contributed by atoms with van der Waals surface area (Å²) in [5.41, 5.74) is 3.39. The van der Waals surface area contributed by atoms with E-state index < -0.39 is 28.5 Å². The van der Waals surface area contributed by atoms with Crippen molar-refractivity contribution in [2.24, 2.45) is 11.8 Å². The number of pyridine rings is 1. The highest BCUT2D eigenvalue weighted by Crippen LogP contribution is 2.51. The minimum absolute atomic E-state index is 0.0374. The molecular weight excluding hydrogens is 497 g/mol. The van der Waals surface area contributed by atoms with Gasteiger partial charge in [0.1, 0.15) is 11.6 Å². The van der Waals surface area contributed by atoms with E-state index in [9.17, 15) is 21.6 Å². The fraction of sp³-hybridized carbons (Fsp3) is 0.417. The quantitative estimate of drug-likeness (QED) is 0.554. The van der Waals surface area contributed by atoms with Crippen LogP contribution in [0.4, 0.5) is 13.2 Å². The molecule has 1 saturated carbocycles. The fourth-order valence-corrected chi connectivity index (χ4v) is 8.64. The van der Waals surface area contributed by atoms with Gasteiger partial charge in [-0.25, -0.2) is 4.98 Å². The van der Waals surface area contributed by atoms with Gasteiger partial charge in [-0.15, -0.1) is 11.3 Å². The van der Waals surface area contributed by atoms with Gasteiger partial charge in [0.25, 0.3) is 10.2 Å². The molecule has 1 aromatic carbocycles. The fourth-order valence-electron chi connectivity index (χ4n) is 6.03. The lowest BCUT2D eigenvalue weighted by molar-refractivity contribution is -0.136. The van der Waals surface area contributed by atoms with Crippen LogP contribution in [0.2, 0.25) is 0 Å². The molecule has 3 heterocycles. The minimum atomic E-state index is -4.58. The van der Waals surface area contributed by atoms with Gasteiger partial charge < -0.3 is 0 Å². The van der Waals surface area contributed by atoms with Crippen LogP contribution >= 0.6 is 11.3 Å². The maximum Gasteiger partial charge on any atom is 0.402 e. The normalized spacial score (nSPS) is 27.7. The third-order valence-corrected chi connectivity index (χ3v) is 10.3. The molecule has 1 spiro atoms. The highest BCUT2D eigenvalue weighted by molar-refractivity contribution is 7.87. The number of rotatable bonds is 3. The maximum absolute atomic E-state index is 13.1. The van der Waals surface area contributed by atoms with Gasteiger partial charge in [-0.3, -0.25) is 4.98 Å². The van der Waals surface area contributed by atoms with E-state index in [2.05, 4.69) is 26.8 Å². The summed E-state index contributed by atoms with van der Waals surface area (Å²) in [6, 6.07) is 10.1. The van der Waals surface area contributed by atoms with E-state index in [-0.39, 0.29) is 18.4 Å². The van der Waals surface area contributed by atoms with E-state index in [1.807, 2.05) is 24.4 Å². The third kappa shape index (κ3) is 4.08. The summed E-state index contributed by atoms with van der Waals surface area (Å²) in [6.45, 7) is -1.59. The van der Waals surface area contributed by atoms with Crippen molar-refractivity contribution in [3.05, 3.63) is 60.0 Å². The van der Waals surface area contributed by atoms with Crippen molar-refractivity contribution in [3.63, 3.8) is 0 Å². The van der Waals surface area contributed by atoms with E-state index in [1.165, 1.54) is 0 Å². The molecular formula is C24H23F3N4O2S2. The van der Waals surface area contributed by atoms with Gasteiger partial charge in [0, 0.05) is 36.3 Å². The summed E-state index contributed by atoms with van der Waals surface area (Å²) in [4.78, 5) is 9.79. The molecule has 11 heteroatoms. The molecule has 6 rings (SSSR count). The molecule has 2 aliphatic carbocycles. The topological polar surface area (TPSA) is 75.2 Å². The van der Waals surface area contributed by atoms with Gasteiger partial charge in [-0.05, 0) is 60.8 Å². The molecule has 6 nitrogen and oxygen atoms in total. The number of benzene rings is 1. The van der Waals surface area contributed by atoms with Crippen LogP contribution in [0.5, 0.6) is 0 Å². The van der Waals surface area contributed by atoms with Crippen molar-refractivity contribution in [2.75, 3.05) is 13.1 Å². The second-order valence-electron chi connectivity index (χ2n) is 9.67. The lowest BCUT2D eigenvalue weighted by atomic mass is 9.79. The molecule has 0 amide bonds. The molecule has 3 atom stereocenters. The standard InChI is InChI=1S/C24H23F3N4O2S2/c25-24(26,27)14-31-13-23(30-35(31,32)33)19-5-6-20(23)10-18-8-16(4-3-15(18)9-19)22-29-12-21(34-22)17-2-1-7-28-11-17/h1-4,7-8,11-12,19-20,30H,5-6,9-10,13-14H2/t19-,20+,23+/m0/s1. The van der Waals surface area contributed by atoms with Crippen LogP contribution in [0.3, 0.4) is 0 Å². The van der Waals surface area contributed by atoms with Crippen molar-refractivity contribution in [1.82, 2.24) is 19.0 Å². The van der Waals surface area contributed by atoms with Crippen LogP contribution in [0.15, 0.2) is 48.9 Å². The van der Waals surface area contributed by atoms with Crippen LogP contribution in [0.1, 0.15) is 24.0 Å². The Morgan fingerprint density at radius 1 is 1.09 bits per heavy atom. The first-order chi connectivity index (χ1) is 16.6. The molecule has 2 fully saturated rings. The molecule has 184 valence electrons. The number of alkyl halides is 3. The smallest absolute Gasteiger partial charge is 0.264 e. The van der Waals surface area contributed by atoms with Crippen molar-refractivity contribution in [2.45, 2.75) is 37.4 Å². The largest absolute Gasteiger partial charge is 0.402 e. The Labute approximate surface area is 205 Å². The zero-order valence-electron chi connectivity index (χ0n) is 18.6. The Bertz CT molecular complexity index is 1380. The second-order valence-corrected chi connectivity index (χ2v) is 12.4. The predicted octanol–water partition coefficient (Wildman–Crippen LogP) is 4.45. The molecule has 1 saturated heterocycles. The van der Waals surface area contributed by atoms with Crippen LogP contribution in [-0.4, -0.2) is 47.5 Å². The number of thiazole rings is 1. The van der Waals surface area contributed by atoms with Gasteiger partial charge in [-0.1, -0.05) is 18.2 Å². The second kappa shape index (κ2) is 8.09. The van der Waals surface area contributed by atoms with Crippen molar-refractivity contribution in [1.29, 1.82) is 0 Å². The maximum atomic E-state index is 13.1. The number of nitrogens with one attached hydrogen (secondary N) is 1. The lowest BCUT2D eigenvalue weighted by Crippen LogP contribution is -2.52. The molecule has 0 radical (unpaired) electrons. The predicted molar refractivity (Wildman–Crippen MR) is 127 cm³/mol. The monoisotopic (exact) mass is 520 g/mol. The molecule has 0 unspecified atom stereocenters. The molecule has 2 bridgehead atoms. The summed E-state index contributed by atoms with van der Waals surface area (Å²) in [5.74, 6) is -0.0936. The summed E-state index contributed by atoms with van der Waals surface area (Å²) in [5, 5.41) is 0.883. The SMILES string of the molecule is O=S1(=O)N[C@@]2(CN1CC(F)(F)F)[C@@H]1CC[C@H]2Cc2ccc(-c3ncc(-c4cccnc4)s3)cc2C1. The van der Waals surface area contributed by atoms with E-state index in [4.69, 9.17) is 0 Å². The Morgan fingerprint density at radius 2 is 1.86 bits per heavy atom. The first-order valence-electron chi connectivity index (χ1n) is 11.5. The highest BCUT2D eigenvalue weighted by atomic mass is 32.2. The minimum Gasteiger partial charge on any atom is -0.264 e. The van der Waals surface area contributed by atoms with Gasteiger partial charge in [0.05, 0.1) is 10.4 Å². The average molecular weight is 521 g/mol. The molecule has 2 aromatic heterocycles. The van der Waals surface area contributed by atoms with E-state index in [0.717, 1.165) is 45.0 Å². The number of halogens is 3. The molecule has 35 heavy (non-hydrogen) atoms. The van der Waals surface area contributed by atoms with Gasteiger partial charge in [0.15, 0.2) is 0 Å². The Hall–Kier alpha value is -2.34. The number of hydrogen-bond acceptors (Lipinski definition) is 5. The summed E-state index contributed by atoms with van der Waals surface area (Å²) >= 11 is 1.58. The van der Waals surface area contributed by atoms with Crippen LogP contribution in [0.25, 0.3) is 21.0 Å². The van der Waals surface area contributed by atoms with E-state index in [0.29, 0.717) is 17.1 Å². The average Bonchev–Trinajstić information content (AvgIpc) is 3.43. The van der Waals surface area contributed by atoms with Crippen LogP contribution < -0.4 is 4.72 Å². The number of hydrogen-bond donors (Lipinski definition) is 1. The van der Waals surface area contributed by atoms with Crippen molar-refractivity contribution in [3.8, 4) is 21.0 Å². The zero-order chi connectivity index (χ0) is 24.4. The molecule has 3 aromatic rings. The Kier molecular flexibility index (Phi) is 5.33. The Morgan fingerprint density at radius 3 is 2.57 bits per heavy atom. The lowest BCUT2D eigenvalue weighted by Gasteiger charge is -2.33. The third-order valence-electron chi connectivity index (χ3n) is 7.61. The molecule has 1 aliphatic heterocycles. The summed E-state index contributed by atoms with van der Waals surface area (Å²) < 4.78 is 67.9. The highest BCUT2D eigenvalue weighted by Gasteiger charge is 2.60. The molecule has 3 aliphatic rings. The summed E-state index contributed by atoms with van der Waals surface area (Å²) in [7, 11) is -4.18. The van der Waals surface area contributed by atoms with E-state index >= 15 is 0 Å². The first kappa shape index (κ1) is 23.1. The Balaban J connectivity index is 1.30. The zero-order valence-corrected chi connectivity index (χ0v) is 20.3. The number of aromatic nitrogens is 2.